The maximum absolute atomic E-state index is 11.9. The Balaban J connectivity index is 2.50. The first-order valence-electron chi connectivity index (χ1n) is 6.34. The lowest BCUT2D eigenvalue weighted by atomic mass is 9.82. The van der Waals surface area contributed by atoms with Crippen molar-refractivity contribution in [1.82, 2.24) is 0 Å². The molecule has 0 amide bonds. The van der Waals surface area contributed by atoms with Crippen LogP contribution >= 0.6 is 0 Å². The molecule has 0 radical (unpaired) electrons. The first-order chi connectivity index (χ1) is 9.45. The van der Waals surface area contributed by atoms with Crippen LogP contribution in [0.15, 0.2) is 24.3 Å². The Hall–Kier alpha value is -2.11. The largest absolute Gasteiger partial charge is 0.478 e. The Morgan fingerprint density at radius 2 is 2.05 bits per heavy atom. The Morgan fingerprint density at radius 3 is 2.65 bits per heavy atom. The topological polar surface area (TPSA) is 89.9 Å². The molecule has 0 spiro atoms. The lowest BCUT2D eigenvalue weighted by Gasteiger charge is -2.24. The molecule has 0 heterocycles. The number of hydrogen-bond acceptors (Lipinski definition) is 5. The predicted octanol–water partition coefficient (Wildman–Crippen LogP) is 1.32. The van der Waals surface area contributed by atoms with Crippen molar-refractivity contribution in [2.75, 3.05) is 13.2 Å². The van der Waals surface area contributed by atoms with Gasteiger partial charge in [-0.2, -0.15) is 0 Å². The zero-order valence-corrected chi connectivity index (χ0v) is 11.3. The lowest BCUT2D eigenvalue weighted by molar-refractivity contribution is -0.154. The Morgan fingerprint density at radius 1 is 1.40 bits per heavy atom. The molecular weight excluding hydrogens is 264 g/mol. The number of aliphatic carboxylic acids is 1. The molecular formula is C14H18O6. The van der Waals surface area contributed by atoms with E-state index in [4.69, 9.17) is 9.84 Å². The van der Waals surface area contributed by atoms with Crippen LogP contribution in [0.1, 0.15) is 19.8 Å². The van der Waals surface area contributed by atoms with Crippen LogP contribution in [0, 0.1) is 11.8 Å². The summed E-state index contributed by atoms with van der Waals surface area (Å²) in [4.78, 5) is 33.7. The molecule has 2 unspecified atom stereocenters. The fourth-order valence-electron chi connectivity index (χ4n) is 2.00. The van der Waals surface area contributed by atoms with Crippen molar-refractivity contribution in [2.45, 2.75) is 19.8 Å². The van der Waals surface area contributed by atoms with Gasteiger partial charge in [-0.3, -0.25) is 4.79 Å². The summed E-state index contributed by atoms with van der Waals surface area (Å²) in [6.07, 6.45) is 3.67. The molecule has 1 N–H and O–H groups in total. The SMILES string of the molecule is C=CC(=O)OCCOC(=O)C1CC(C)CC=C1C(=O)O. The van der Waals surface area contributed by atoms with Crippen LogP contribution in [0.3, 0.4) is 0 Å². The van der Waals surface area contributed by atoms with E-state index >= 15 is 0 Å². The quantitative estimate of drug-likeness (QED) is 0.449. The highest BCUT2D eigenvalue weighted by molar-refractivity contribution is 5.94. The second kappa shape index (κ2) is 7.47. The molecule has 20 heavy (non-hydrogen) atoms. The van der Waals surface area contributed by atoms with Crippen LogP contribution in [0.5, 0.6) is 0 Å². The van der Waals surface area contributed by atoms with E-state index in [0.29, 0.717) is 12.8 Å². The van der Waals surface area contributed by atoms with Gasteiger partial charge in [0.1, 0.15) is 13.2 Å². The molecule has 2 atom stereocenters. The molecule has 0 aromatic rings. The molecule has 0 aromatic carbocycles. The van der Waals surface area contributed by atoms with E-state index in [1.807, 2.05) is 6.92 Å². The number of carboxylic acid groups (broad SMARTS) is 1. The monoisotopic (exact) mass is 282 g/mol. The summed E-state index contributed by atoms with van der Waals surface area (Å²) in [7, 11) is 0. The summed E-state index contributed by atoms with van der Waals surface area (Å²) < 4.78 is 9.61. The minimum Gasteiger partial charge on any atom is -0.478 e. The zero-order chi connectivity index (χ0) is 15.1. The second-order valence-electron chi connectivity index (χ2n) is 4.63. The summed E-state index contributed by atoms with van der Waals surface area (Å²) in [5.41, 5.74) is 0.0798. The van der Waals surface area contributed by atoms with Gasteiger partial charge in [0, 0.05) is 11.6 Å². The van der Waals surface area contributed by atoms with Crippen molar-refractivity contribution in [1.29, 1.82) is 0 Å². The summed E-state index contributed by atoms with van der Waals surface area (Å²) in [5.74, 6) is -2.82. The number of carbonyl (C=O) groups excluding carboxylic acids is 2. The Bertz CT molecular complexity index is 437. The molecule has 0 fully saturated rings. The molecule has 0 aliphatic heterocycles. The number of ether oxygens (including phenoxy) is 2. The highest BCUT2D eigenvalue weighted by Gasteiger charge is 2.33. The molecule has 0 aromatic heterocycles. The van der Waals surface area contributed by atoms with Gasteiger partial charge in [0.15, 0.2) is 0 Å². The first kappa shape index (κ1) is 15.9. The molecule has 0 saturated heterocycles. The third-order valence-electron chi connectivity index (χ3n) is 3.02. The third kappa shape index (κ3) is 4.53. The molecule has 0 saturated carbocycles. The molecule has 1 aliphatic rings. The van der Waals surface area contributed by atoms with Crippen molar-refractivity contribution in [3.63, 3.8) is 0 Å². The van der Waals surface area contributed by atoms with Gasteiger partial charge in [-0.15, -0.1) is 0 Å². The highest BCUT2D eigenvalue weighted by atomic mass is 16.6. The number of rotatable bonds is 6. The van der Waals surface area contributed by atoms with E-state index in [1.165, 1.54) is 0 Å². The molecule has 6 heteroatoms. The minimum absolute atomic E-state index is 0.0784. The molecule has 1 rings (SSSR count). The summed E-state index contributed by atoms with van der Waals surface area (Å²) in [6, 6.07) is 0. The molecule has 1 aliphatic carbocycles. The standard InChI is InChI=1S/C14H18O6/c1-3-12(15)19-6-7-20-14(18)11-8-9(2)4-5-10(11)13(16)17/h3,5,9,11H,1,4,6-8H2,2H3,(H,16,17). The van der Waals surface area contributed by atoms with Gasteiger partial charge in [-0.05, 0) is 18.8 Å². The van der Waals surface area contributed by atoms with Crippen molar-refractivity contribution < 1.29 is 29.0 Å². The van der Waals surface area contributed by atoms with Gasteiger partial charge in [0.2, 0.25) is 0 Å². The Kier molecular flexibility index (Phi) is 5.96. The number of hydrogen-bond donors (Lipinski definition) is 1. The smallest absolute Gasteiger partial charge is 0.332 e. The maximum Gasteiger partial charge on any atom is 0.332 e. The van der Waals surface area contributed by atoms with E-state index in [1.54, 1.807) is 6.08 Å². The predicted molar refractivity (Wildman–Crippen MR) is 69.7 cm³/mol. The van der Waals surface area contributed by atoms with Gasteiger partial charge in [-0.1, -0.05) is 19.6 Å². The zero-order valence-electron chi connectivity index (χ0n) is 11.3. The molecule has 110 valence electrons. The van der Waals surface area contributed by atoms with Gasteiger partial charge in [-0.25, -0.2) is 9.59 Å². The average molecular weight is 282 g/mol. The number of carboxylic acids is 1. The van der Waals surface area contributed by atoms with Crippen LogP contribution < -0.4 is 0 Å². The average Bonchev–Trinajstić information content (AvgIpc) is 2.42. The molecule has 0 bridgehead atoms. The fourth-order valence-corrected chi connectivity index (χ4v) is 2.00. The maximum atomic E-state index is 11.9. The molecule has 6 nitrogen and oxygen atoms in total. The Labute approximate surface area is 117 Å². The number of esters is 2. The number of carbonyl (C=O) groups is 3. The van der Waals surface area contributed by atoms with Gasteiger partial charge in [0.25, 0.3) is 0 Å². The van der Waals surface area contributed by atoms with Gasteiger partial charge >= 0.3 is 17.9 Å². The lowest BCUT2D eigenvalue weighted by Crippen LogP contribution is -2.29. The van der Waals surface area contributed by atoms with Crippen molar-refractivity contribution >= 4 is 17.9 Å². The van der Waals surface area contributed by atoms with Crippen LogP contribution in [-0.4, -0.2) is 36.2 Å². The van der Waals surface area contributed by atoms with E-state index in [2.05, 4.69) is 11.3 Å². The fraction of sp³-hybridized carbons (Fsp3) is 0.500. The van der Waals surface area contributed by atoms with Crippen molar-refractivity contribution in [3.05, 3.63) is 24.3 Å². The third-order valence-corrected chi connectivity index (χ3v) is 3.02. The normalized spacial score (nSPS) is 21.6. The van der Waals surface area contributed by atoms with Crippen molar-refractivity contribution in [2.24, 2.45) is 11.8 Å². The minimum atomic E-state index is -1.10. The summed E-state index contributed by atoms with van der Waals surface area (Å²) in [6.45, 7) is 5.00. The van der Waals surface area contributed by atoms with E-state index in [0.717, 1.165) is 6.08 Å². The highest BCUT2D eigenvalue weighted by Crippen LogP contribution is 2.30. The first-order valence-corrected chi connectivity index (χ1v) is 6.34. The van der Waals surface area contributed by atoms with Crippen LogP contribution in [-0.2, 0) is 23.9 Å². The summed E-state index contributed by atoms with van der Waals surface area (Å²) in [5, 5.41) is 9.06. The summed E-state index contributed by atoms with van der Waals surface area (Å²) >= 11 is 0. The van der Waals surface area contributed by atoms with E-state index in [9.17, 15) is 14.4 Å². The number of allylic oxidation sites excluding steroid dienone is 1. The van der Waals surface area contributed by atoms with Crippen LogP contribution in [0.25, 0.3) is 0 Å². The van der Waals surface area contributed by atoms with Gasteiger partial charge in [0.05, 0.1) is 5.92 Å². The van der Waals surface area contributed by atoms with Gasteiger partial charge < -0.3 is 14.6 Å². The van der Waals surface area contributed by atoms with Crippen LogP contribution in [0.2, 0.25) is 0 Å². The van der Waals surface area contributed by atoms with Crippen LogP contribution in [0.4, 0.5) is 0 Å². The van der Waals surface area contributed by atoms with E-state index in [-0.39, 0.29) is 24.7 Å². The second-order valence-corrected chi connectivity index (χ2v) is 4.63. The van der Waals surface area contributed by atoms with E-state index < -0.39 is 23.8 Å². The van der Waals surface area contributed by atoms with Crippen molar-refractivity contribution in [3.8, 4) is 0 Å².